The zero-order valence-electron chi connectivity index (χ0n) is 10.2. The van der Waals surface area contributed by atoms with Crippen molar-refractivity contribution < 1.29 is 4.79 Å². The molecule has 0 saturated carbocycles. The number of tetrazole rings is 1. The average molecular weight is 255 g/mol. The molecular weight excluding hydrogens is 238 g/mol. The molecule has 0 aliphatic heterocycles. The maximum atomic E-state index is 11.8. The van der Waals surface area contributed by atoms with E-state index < -0.39 is 0 Å². The Morgan fingerprint density at radius 1 is 1.53 bits per heavy atom. The van der Waals surface area contributed by atoms with Gasteiger partial charge in [-0.2, -0.15) is 0 Å². The van der Waals surface area contributed by atoms with Gasteiger partial charge in [0.25, 0.3) is 0 Å². The number of thioether (sulfide) groups is 1. The van der Waals surface area contributed by atoms with Gasteiger partial charge in [0.1, 0.15) is 0 Å². The first-order valence-electron chi connectivity index (χ1n) is 5.50. The molecule has 0 aliphatic rings. The molecule has 0 bridgehead atoms. The molecule has 0 radical (unpaired) electrons. The largest absolute Gasteiger partial charge is 0.343 e. The lowest BCUT2D eigenvalue weighted by Crippen LogP contribution is -2.31. The number of aromatic nitrogens is 4. The molecule has 94 valence electrons. The Kier molecular flexibility index (Phi) is 5.68. The third-order valence-corrected chi connectivity index (χ3v) is 3.18. The summed E-state index contributed by atoms with van der Waals surface area (Å²) in [6.07, 6.45) is 1.71. The summed E-state index contributed by atoms with van der Waals surface area (Å²) in [6, 6.07) is 0. The summed E-state index contributed by atoms with van der Waals surface area (Å²) in [7, 11) is 0. The summed E-state index contributed by atoms with van der Waals surface area (Å²) in [5.74, 6) is 0.465. The molecule has 0 fully saturated rings. The van der Waals surface area contributed by atoms with E-state index in [0.717, 1.165) is 13.1 Å². The standard InChI is InChI=1S/C10H17N5OS/c1-4-7-15-10(11-12-13-15)17-8-9(16)14(5-2)6-3/h4H,1,5-8H2,2-3H3. The lowest BCUT2D eigenvalue weighted by molar-refractivity contribution is -0.127. The van der Waals surface area contributed by atoms with E-state index in [2.05, 4.69) is 22.1 Å². The van der Waals surface area contributed by atoms with Gasteiger partial charge in [-0.25, -0.2) is 4.68 Å². The van der Waals surface area contributed by atoms with Crippen LogP contribution in [0.3, 0.4) is 0 Å². The van der Waals surface area contributed by atoms with Crippen molar-refractivity contribution in [1.82, 2.24) is 25.1 Å². The van der Waals surface area contributed by atoms with E-state index >= 15 is 0 Å². The molecule has 0 N–H and O–H groups in total. The number of carbonyl (C=O) groups excluding carboxylic acids is 1. The molecule has 1 amide bonds. The molecule has 0 aliphatic carbocycles. The van der Waals surface area contributed by atoms with Gasteiger partial charge in [-0.3, -0.25) is 4.79 Å². The fraction of sp³-hybridized carbons (Fsp3) is 0.600. The second-order valence-electron chi connectivity index (χ2n) is 3.29. The highest BCUT2D eigenvalue weighted by atomic mass is 32.2. The Balaban J connectivity index is 2.52. The second kappa shape index (κ2) is 7.05. The first kappa shape index (κ1) is 13.7. The molecule has 0 atom stereocenters. The molecule has 0 unspecified atom stereocenters. The first-order chi connectivity index (χ1) is 8.22. The molecule has 7 heteroatoms. The number of hydrogen-bond acceptors (Lipinski definition) is 5. The van der Waals surface area contributed by atoms with Crippen molar-refractivity contribution in [1.29, 1.82) is 0 Å². The minimum Gasteiger partial charge on any atom is -0.343 e. The molecule has 1 rings (SSSR count). The minimum absolute atomic E-state index is 0.105. The number of amides is 1. The van der Waals surface area contributed by atoms with Gasteiger partial charge in [-0.1, -0.05) is 17.8 Å². The van der Waals surface area contributed by atoms with Crippen LogP contribution in [0.4, 0.5) is 0 Å². The van der Waals surface area contributed by atoms with Gasteiger partial charge in [0.15, 0.2) is 0 Å². The van der Waals surface area contributed by atoms with Crippen LogP contribution in [0, 0.1) is 0 Å². The van der Waals surface area contributed by atoms with E-state index in [9.17, 15) is 4.79 Å². The monoisotopic (exact) mass is 255 g/mol. The quantitative estimate of drug-likeness (QED) is 0.533. The summed E-state index contributed by atoms with van der Waals surface area (Å²) in [4.78, 5) is 13.6. The predicted octanol–water partition coefficient (Wildman–Crippen LogP) is 0.820. The molecule has 1 heterocycles. The van der Waals surface area contributed by atoms with Crippen molar-refractivity contribution in [3.8, 4) is 0 Å². The van der Waals surface area contributed by atoms with Crippen molar-refractivity contribution in [2.75, 3.05) is 18.8 Å². The SMILES string of the molecule is C=CCn1nnnc1SCC(=O)N(CC)CC. The molecule has 1 aromatic heterocycles. The molecule has 0 aromatic carbocycles. The summed E-state index contributed by atoms with van der Waals surface area (Å²) < 4.78 is 1.62. The van der Waals surface area contributed by atoms with E-state index in [0.29, 0.717) is 17.5 Å². The topological polar surface area (TPSA) is 63.9 Å². The third-order valence-electron chi connectivity index (χ3n) is 2.24. The number of carbonyl (C=O) groups is 1. The van der Waals surface area contributed by atoms with Crippen LogP contribution in [-0.2, 0) is 11.3 Å². The van der Waals surface area contributed by atoms with Crippen molar-refractivity contribution in [3.63, 3.8) is 0 Å². The summed E-state index contributed by atoms with van der Waals surface area (Å²) >= 11 is 1.35. The minimum atomic E-state index is 0.105. The fourth-order valence-corrected chi connectivity index (χ4v) is 2.12. The summed E-state index contributed by atoms with van der Waals surface area (Å²) in [5, 5.41) is 11.9. The zero-order valence-corrected chi connectivity index (χ0v) is 11.0. The molecular formula is C10H17N5OS. The Morgan fingerprint density at radius 2 is 2.24 bits per heavy atom. The third kappa shape index (κ3) is 3.85. The van der Waals surface area contributed by atoms with Crippen LogP contribution in [0.15, 0.2) is 17.8 Å². The highest BCUT2D eigenvalue weighted by molar-refractivity contribution is 7.99. The van der Waals surface area contributed by atoms with Crippen molar-refractivity contribution >= 4 is 17.7 Å². The van der Waals surface area contributed by atoms with E-state index in [4.69, 9.17) is 0 Å². The Labute approximate surface area is 105 Å². The highest BCUT2D eigenvalue weighted by Gasteiger charge is 2.12. The predicted molar refractivity (Wildman–Crippen MR) is 66.7 cm³/mol. The Hall–Kier alpha value is -1.37. The van der Waals surface area contributed by atoms with Crippen molar-refractivity contribution in [2.24, 2.45) is 0 Å². The zero-order chi connectivity index (χ0) is 12.7. The molecule has 1 aromatic rings. The maximum absolute atomic E-state index is 11.8. The van der Waals surface area contributed by atoms with Crippen LogP contribution >= 0.6 is 11.8 Å². The number of hydrogen-bond donors (Lipinski definition) is 0. The van der Waals surface area contributed by atoms with Crippen LogP contribution in [-0.4, -0.2) is 49.9 Å². The van der Waals surface area contributed by atoms with Gasteiger partial charge < -0.3 is 4.90 Å². The van der Waals surface area contributed by atoms with Gasteiger partial charge in [0, 0.05) is 13.1 Å². The van der Waals surface area contributed by atoms with Gasteiger partial charge in [-0.05, 0) is 24.3 Å². The van der Waals surface area contributed by atoms with E-state index in [1.165, 1.54) is 11.8 Å². The average Bonchev–Trinajstić information content (AvgIpc) is 2.76. The Bertz CT molecular complexity index is 375. The van der Waals surface area contributed by atoms with Crippen LogP contribution < -0.4 is 0 Å². The molecule has 17 heavy (non-hydrogen) atoms. The van der Waals surface area contributed by atoms with Crippen LogP contribution in [0.2, 0.25) is 0 Å². The molecule has 0 spiro atoms. The number of nitrogens with zero attached hydrogens (tertiary/aromatic N) is 5. The van der Waals surface area contributed by atoms with Crippen molar-refractivity contribution in [3.05, 3.63) is 12.7 Å². The van der Waals surface area contributed by atoms with Crippen molar-refractivity contribution in [2.45, 2.75) is 25.5 Å². The van der Waals surface area contributed by atoms with E-state index in [-0.39, 0.29) is 5.91 Å². The summed E-state index contributed by atoms with van der Waals surface area (Å²) in [6.45, 7) is 9.57. The van der Waals surface area contributed by atoms with Gasteiger partial charge in [-0.15, -0.1) is 11.7 Å². The van der Waals surface area contributed by atoms with Crippen LogP contribution in [0.25, 0.3) is 0 Å². The molecule has 6 nitrogen and oxygen atoms in total. The smallest absolute Gasteiger partial charge is 0.233 e. The number of rotatable bonds is 7. The van der Waals surface area contributed by atoms with Crippen LogP contribution in [0.5, 0.6) is 0 Å². The van der Waals surface area contributed by atoms with Gasteiger partial charge in [0.2, 0.25) is 11.1 Å². The van der Waals surface area contributed by atoms with Crippen LogP contribution in [0.1, 0.15) is 13.8 Å². The first-order valence-corrected chi connectivity index (χ1v) is 6.49. The number of allylic oxidation sites excluding steroid dienone is 1. The normalized spacial score (nSPS) is 10.2. The summed E-state index contributed by atoms with van der Waals surface area (Å²) in [5.41, 5.74) is 0. The van der Waals surface area contributed by atoms with E-state index in [1.54, 1.807) is 15.7 Å². The van der Waals surface area contributed by atoms with E-state index in [1.807, 2.05) is 13.8 Å². The van der Waals surface area contributed by atoms with Gasteiger partial charge in [0.05, 0.1) is 12.3 Å². The molecule has 0 saturated heterocycles. The van der Waals surface area contributed by atoms with Gasteiger partial charge >= 0.3 is 0 Å². The highest BCUT2D eigenvalue weighted by Crippen LogP contribution is 2.14. The fourth-order valence-electron chi connectivity index (χ4n) is 1.33. The maximum Gasteiger partial charge on any atom is 0.233 e. The Morgan fingerprint density at radius 3 is 2.82 bits per heavy atom. The lowest BCUT2D eigenvalue weighted by atomic mass is 10.5. The second-order valence-corrected chi connectivity index (χ2v) is 4.23. The lowest BCUT2D eigenvalue weighted by Gasteiger charge is -2.17.